The quantitative estimate of drug-likeness (QED) is 0.652. The van der Waals surface area contributed by atoms with Crippen LogP contribution in [0.4, 0.5) is 10.1 Å². The molecule has 0 N–H and O–H groups in total. The summed E-state index contributed by atoms with van der Waals surface area (Å²) in [5.41, 5.74) is 2.45. The molecule has 7 heteroatoms. The zero-order valence-corrected chi connectivity index (χ0v) is 16.7. The van der Waals surface area contributed by atoms with Crippen molar-refractivity contribution in [3.63, 3.8) is 0 Å². The summed E-state index contributed by atoms with van der Waals surface area (Å²) in [4.78, 5) is 16.9. The number of carbonyl (C=O) groups is 1. The molecule has 154 valence electrons. The van der Waals surface area contributed by atoms with Crippen molar-refractivity contribution >= 4 is 17.7 Å². The molecule has 1 fully saturated rings. The van der Waals surface area contributed by atoms with Gasteiger partial charge >= 0.3 is 0 Å². The van der Waals surface area contributed by atoms with Crippen LogP contribution < -0.4 is 4.90 Å². The number of carbonyl (C=O) groups excluding carboxylic acids is 1. The maximum Gasteiger partial charge on any atom is 0.276 e. The first-order chi connectivity index (χ1) is 14.7. The number of halogens is 1. The minimum Gasteiger partial charge on any atom is -0.370 e. The van der Waals surface area contributed by atoms with Crippen molar-refractivity contribution in [3.05, 3.63) is 83.9 Å². The maximum absolute atomic E-state index is 13.2. The Balaban J connectivity index is 1.34. The van der Waals surface area contributed by atoms with Crippen molar-refractivity contribution in [2.24, 2.45) is 0 Å². The van der Waals surface area contributed by atoms with E-state index in [1.807, 2.05) is 47.4 Å². The van der Waals surface area contributed by atoms with Crippen LogP contribution in [-0.2, 0) is 6.54 Å². The van der Waals surface area contributed by atoms with Gasteiger partial charge in [0.1, 0.15) is 5.82 Å². The lowest BCUT2D eigenvalue weighted by atomic mass is 10.2. The van der Waals surface area contributed by atoms with Gasteiger partial charge in [0.2, 0.25) is 0 Å². The van der Waals surface area contributed by atoms with Gasteiger partial charge in [-0.15, -0.1) is 5.10 Å². The third-order valence-electron chi connectivity index (χ3n) is 5.13. The van der Waals surface area contributed by atoms with E-state index in [2.05, 4.69) is 15.2 Å². The summed E-state index contributed by atoms with van der Waals surface area (Å²) in [5.74, 6) is -0.346. The monoisotopic (exact) mass is 405 g/mol. The normalized spacial score (nSPS) is 14.8. The van der Waals surface area contributed by atoms with Crippen LogP contribution in [0.2, 0.25) is 0 Å². The van der Waals surface area contributed by atoms with E-state index in [4.69, 9.17) is 0 Å². The van der Waals surface area contributed by atoms with E-state index in [0.29, 0.717) is 31.9 Å². The molecule has 0 unspecified atom stereocenters. The number of benzene rings is 2. The number of allylic oxidation sites excluding steroid dienone is 1. The van der Waals surface area contributed by atoms with E-state index in [1.54, 1.807) is 23.0 Å². The van der Waals surface area contributed by atoms with Gasteiger partial charge in [-0.3, -0.25) is 4.79 Å². The Morgan fingerprint density at radius 1 is 1.00 bits per heavy atom. The van der Waals surface area contributed by atoms with E-state index >= 15 is 0 Å². The number of hydrogen-bond acceptors (Lipinski definition) is 4. The van der Waals surface area contributed by atoms with Gasteiger partial charge < -0.3 is 9.80 Å². The van der Waals surface area contributed by atoms with Gasteiger partial charge in [-0.05, 0) is 36.2 Å². The van der Waals surface area contributed by atoms with E-state index in [0.717, 1.165) is 24.2 Å². The van der Waals surface area contributed by atoms with E-state index in [1.165, 1.54) is 12.1 Å². The summed E-state index contributed by atoms with van der Waals surface area (Å²) in [6.45, 7) is 3.33. The molecule has 30 heavy (non-hydrogen) atoms. The van der Waals surface area contributed by atoms with Crippen molar-refractivity contribution in [1.29, 1.82) is 0 Å². The van der Waals surface area contributed by atoms with Crippen LogP contribution in [-0.4, -0.2) is 52.0 Å². The highest BCUT2D eigenvalue weighted by Gasteiger charge is 2.22. The maximum atomic E-state index is 13.2. The van der Waals surface area contributed by atoms with Crippen LogP contribution in [0.5, 0.6) is 0 Å². The highest BCUT2D eigenvalue weighted by atomic mass is 19.1. The molecule has 4 rings (SSSR count). The Kier molecular flexibility index (Phi) is 6.17. The predicted octanol–water partition coefficient (Wildman–Crippen LogP) is 3.48. The molecule has 1 amide bonds. The average Bonchev–Trinajstić information content (AvgIpc) is 3.10. The lowest BCUT2D eigenvalue weighted by molar-refractivity contribution is 0.0761. The SMILES string of the molecule is O=C(c1cn(CC=Cc2ccccc2)nn1)N1CCCN(c2ccc(F)cc2)CC1. The molecule has 0 bridgehead atoms. The van der Waals surface area contributed by atoms with Crippen LogP contribution in [0.25, 0.3) is 6.08 Å². The Hall–Kier alpha value is -3.48. The Bertz CT molecular complexity index is 1000. The summed E-state index contributed by atoms with van der Waals surface area (Å²) in [6, 6.07) is 16.5. The van der Waals surface area contributed by atoms with Gasteiger partial charge in [0, 0.05) is 31.9 Å². The van der Waals surface area contributed by atoms with Crippen LogP contribution in [0.1, 0.15) is 22.5 Å². The molecule has 0 saturated carbocycles. The first-order valence-electron chi connectivity index (χ1n) is 10.1. The fourth-order valence-corrected chi connectivity index (χ4v) is 3.54. The molecule has 0 radical (unpaired) electrons. The zero-order chi connectivity index (χ0) is 20.8. The van der Waals surface area contributed by atoms with Gasteiger partial charge in [0.05, 0.1) is 12.7 Å². The van der Waals surface area contributed by atoms with Crippen molar-refractivity contribution in [1.82, 2.24) is 19.9 Å². The molecule has 3 aromatic rings. The molecule has 2 heterocycles. The molecule has 0 spiro atoms. The van der Waals surface area contributed by atoms with Crippen LogP contribution >= 0.6 is 0 Å². The van der Waals surface area contributed by atoms with Crippen molar-refractivity contribution in [2.75, 3.05) is 31.1 Å². The van der Waals surface area contributed by atoms with Crippen LogP contribution in [0.15, 0.2) is 66.9 Å². The molecule has 1 aromatic heterocycles. The lowest BCUT2D eigenvalue weighted by Crippen LogP contribution is -2.35. The highest BCUT2D eigenvalue weighted by Crippen LogP contribution is 2.17. The summed E-state index contributed by atoms with van der Waals surface area (Å²) in [6.07, 6.45) is 6.55. The fraction of sp³-hybridized carbons (Fsp3) is 0.261. The molecule has 2 aromatic carbocycles. The van der Waals surface area contributed by atoms with Gasteiger partial charge in [-0.25, -0.2) is 9.07 Å². The molecular formula is C23H24FN5O. The third kappa shape index (κ3) is 4.92. The second-order valence-corrected chi connectivity index (χ2v) is 7.25. The molecular weight excluding hydrogens is 381 g/mol. The molecule has 0 atom stereocenters. The second kappa shape index (κ2) is 9.35. The van der Waals surface area contributed by atoms with Crippen molar-refractivity contribution < 1.29 is 9.18 Å². The van der Waals surface area contributed by atoms with E-state index in [9.17, 15) is 9.18 Å². The Morgan fingerprint density at radius 2 is 1.80 bits per heavy atom. The number of amides is 1. The molecule has 1 aliphatic heterocycles. The number of nitrogens with zero attached hydrogens (tertiary/aromatic N) is 5. The molecule has 0 aliphatic carbocycles. The third-order valence-corrected chi connectivity index (χ3v) is 5.13. The number of aromatic nitrogens is 3. The average molecular weight is 405 g/mol. The number of rotatable bonds is 5. The summed E-state index contributed by atoms with van der Waals surface area (Å²) in [5, 5.41) is 8.15. The van der Waals surface area contributed by atoms with E-state index in [-0.39, 0.29) is 11.7 Å². The van der Waals surface area contributed by atoms with Crippen molar-refractivity contribution in [3.8, 4) is 0 Å². The summed E-state index contributed by atoms with van der Waals surface area (Å²) in [7, 11) is 0. The highest BCUT2D eigenvalue weighted by molar-refractivity contribution is 5.92. The minimum atomic E-state index is -0.243. The first-order valence-corrected chi connectivity index (χ1v) is 10.1. The smallest absolute Gasteiger partial charge is 0.276 e. The summed E-state index contributed by atoms with van der Waals surface area (Å²) < 4.78 is 14.8. The van der Waals surface area contributed by atoms with E-state index < -0.39 is 0 Å². The predicted molar refractivity (Wildman–Crippen MR) is 115 cm³/mol. The first kappa shape index (κ1) is 19.8. The fourth-order valence-electron chi connectivity index (χ4n) is 3.54. The van der Waals surface area contributed by atoms with Crippen molar-refractivity contribution in [2.45, 2.75) is 13.0 Å². The second-order valence-electron chi connectivity index (χ2n) is 7.25. The number of hydrogen-bond donors (Lipinski definition) is 0. The van der Waals surface area contributed by atoms with Crippen LogP contribution in [0.3, 0.4) is 0 Å². The van der Waals surface area contributed by atoms with Crippen LogP contribution in [0, 0.1) is 5.82 Å². The topological polar surface area (TPSA) is 54.3 Å². The van der Waals surface area contributed by atoms with Gasteiger partial charge in [0.25, 0.3) is 5.91 Å². The number of anilines is 1. The lowest BCUT2D eigenvalue weighted by Gasteiger charge is -2.23. The standard InChI is InChI=1S/C23H24FN5O/c24-20-9-11-21(12-10-20)27-13-5-14-28(17-16-27)23(30)22-18-29(26-25-22)15-4-8-19-6-2-1-3-7-19/h1-4,6-12,18H,5,13-17H2. The molecule has 6 nitrogen and oxygen atoms in total. The molecule has 1 aliphatic rings. The Morgan fingerprint density at radius 3 is 2.60 bits per heavy atom. The summed E-state index contributed by atoms with van der Waals surface area (Å²) >= 11 is 0. The zero-order valence-electron chi connectivity index (χ0n) is 16.7. The van der Waals surface area contributed by atoms with Gasteiger partial charge in [-0.2, -0.15) is 0 Å². The largest absolute Gasteiger partial charge is 0.370 e. The van der Waals surface area contributed by atoms with Gasteiger partial charge in [0.15, 0.2) is 5.69 Å². The molecule has 1 saturated heterocycles. The van der Waals surface area contributed by atoms with Gasteiger partial charge in [-0.1, -0.05) is 47.7 Å². The minimum absolute atomic E-state index is 0.103. The Labute approximate surface area is 175 Å².